The molecule has 6 nitrogen and oxygen atoms in total. The Hall–Kier alpha value is -3.15. The lowest BCUT2D eigenvalue weighted by molar-refractivity contribution is -0.167. The Balaban J connectivity index is 4.38. The van der Waals surface area contributed by atoms with Crippen LogP contribution in [0.2, 0.25) is 0 Å². The minimum absolute atomic E-state index is 0.0952. The molecular weight excluding hydrogens is 781 g/mol. The molecule has 0 aromatic heterocycles. The summed E-state index contributed by atoms with van der Waals surface area (Å²) in [6.07, 6.45) is 64.7. The maximum atomic E-state index is 12.8. The number of unbranched alkanes of at least 4 members (excludes halogenated alkanes) is 24. The van der Waals surface area contributed by atoms with Gasteiger partial charge in [0.25, 0.3) is 0 Å². The lowest BCUT2D eigenvalue weighted by atomic mass is 10.0. The summed E-state index contributed by atoms with van der Waals surface area (Å²) in [5.41, 5.74) is 0. The average Bonchev–Trinajstić information content (AvgIpc) is 3.28. The molecule has 0 aliphatic carbocycles. The van der Waals surface area contributed by atoms with Gasteiger partial charge < -0.3 is 14.2 Å². The van der Waals surface area contributed by atoms with Gasteiger partial charge in [-0.2, -0.15) is 0 Å². The van der Waals surface area contributed by atoms with E-state index >= 15 is 0 Å². The molecule has 0 rings (SSSR count). The average molecular weight is 879 g/mol. The zero-order valence-corrected chi connectivity index (χ0v) is 41.3. The van der Waals surface area contributed by atoms with E-state index in [2.05, 4.69) is 93.7 Å². The fourth-order valence-electron chi connectivity index (χ4n) is 7.29. The Labute approximate surface area is 389 Å². The normalized spacial score (nSPS) is 12.6. The van der Waals surface area contributed by atoms with E-state index in [1.807, 2.05) is 0 Å². The highest BCUT2D eigenvalue weighted by atomic mass is 16.6. The molecule has 0 saturated heterocycles. The largest absolute Gasteiger partial charge is 0.462 e. The Kier molecular flexibility index (Phi) is 48.9. The minimum atomic E-state index is -0.800. The lowest BCUT2D eigenvalue weighted by Gasteiger charge is -2.18. The molecule has 0 heterocycles. The monoisotopic (exact) mass is 879 g/mol. The standard InChI is InChI=1S/C57H98O6/c1-4-7-10-13-16-19-22-25-27-28-29-30-31-33-35-38-41-44-47-50-56(59)62-53-54(52-61-55(58)49-46-43-40-37-34-24-21-18-15-12-9-6-3)63-57(60)51-48-45-42-39-36-32-26-23-20-17-14-11-8-5-2/h8-9,11-12,17-18,20-21,26,32,34,37,54H,4-7,10,13-16,19,22-25,27-31,33,35-36,38-53H2,1-3H3/b11-8-,12-9-,20-17-,21-18-,32-26-,37-34-. The van der Waals surface area contributed by atoms with Gasteiger partial charge in [-0.3, -0.25) is 14.4 Å². The SMILES string of the molecule is CC/C=C\C/C=C\C/C=C\CCCCCCC(=O)OC(COC(=O)CCCC/C=C\C/C=C\C/C=C\CC)COC(=O)CCCCCCCCCCCCCCCCCCCCC. The number of carbonyl (C=O) groups is 3. The molecule has 0 bridgehead atoms. The van der Waals surface area contributed by atoms with Crippen molar-refractivity contribution in [2.75, 3.05) is 13.2 Å². The molecule has 0 aromatic rings. The molecule has 0 N–H and O–H groups in total. The van der Waals surface area contributed by atoms with Crippen molar-refractivity contribution >= 4 is 17.9 Å². The minimum Gasteiger partial charge on any atom is -0.462 e. The van der Waals surface area contributed by atoms with Gasteiger partial charge in [0.1, 0.15) is 13.2 Å². The van der Waals surface area contributed by atoms with E-state index in [-0.39, 0.29) is 31.1 Å². The van der Waals surface area contributed by atoms with Crippen LogP contribution in [-0.2, 0) is 28.6 Å². The van der Waals surface area contributed by atoms with Gasteiger partial charge >= 0.3 is 17.9 Å². The molecule has 1 unspecified atom stereocenters. The van der Waals surface area contributed by atoms with Crippen LogP contribution in [0.5, 0.6) is 0 Å². The predicted octanol–water partition coefficient (Wildman–Crippen LogP) is 17.4. The first-order valence-electron chi connectivity index (χ1n) is 26.4. The summed E-state index contributed by atoms with van der Waals surface area (Å²) in [6.45, 7) is 6.37. The molecule has 0 saturated carbocycles. The molecule has 0 aliphatic rings. The summed E-state index contributed by atoms with van der Waals surface area (Å²) >= 11 is 0. The van der Waals surface area contributed by atoms with Gasteiger partial charge in [0.15, 0.2) is 6.10 Å². The van der Waals surface area contributed by atoms with E-state index in [1.54, 1.807) is 0 Å². The molecule has 0 aromatic carbocycles. The van der Waals surface area contributed by atoms with Gasteiger partial charge in [-0.05, 0) is 83.5 Å². The number of carbonyl (C=O) groups excluding carboxylic acids is 3. The molecule has 0 fully saturated rings. The Morgan fingerprint density at radius 2 is 0.619 bits per heavy atom. The summed E-state index contributed by atoms with van der Waals surface area (Å²) in [5.74, 6) is -0.955. The van der Waals surface area contributed by atoms with Gasteiger partial charge in [0, 0.05) is 19.3 Å². The second kappa shape index (κ2) is 51.5. The highest BCUT2D eigenvalue weighted by Crippen LogP contribution is 2.16. The summed E-state index contributed by atoms with van der Waals surface area (Å²) < 4.78 is 16.7. The highest BCUT2D eigenvalue weighted by Gasteiger charge is 2.19. The summed E-state index contributed by atoms with van der Waals surface area (Å²) in [6, 6.07) is 0. The molecule has 0 radical (unpaired) electrons. The van der Waals surface area contributed by atoms with E-state index in [4.69, 9.17) is 14.2 Å². The number of esters is 3. The first kappa shape index (κ1) is 59.9. The zero-order valence-electron chi connectivity index (χ0n) is 41.3. The van der Waals surface area contributed by atoms with E-state index in [0.29, 0.717) is 19.3 Å². The third-order valence-corrected chi connectivity index (χ3v) is 11.2. The number of hydrogen-bond donors (Lipinski definition) is 0. The fraction of sp³-hybridized carbons (Fsp3) is 0.737. The predicted molar refractivity (Wildman–Crippen MR) is 270 cm³/mol. The second-order valence-electron chi connectivity index (χ2n) is 17.4. The van der Waals surface area contributed by atoms with Crippen LogP contribution < -0.4 is 0 Å². The molecule has 0 spiro atoms. The van der Waals surface area contributed by atoms with Crippen molar-refractivity contribution in [1.82, 2.24) is 0 Å². The molecule has 1 atom stereocenters. The van der Waals surface area contributed by atoms with Crippen molar-refractivity contribution in [1.29, 1.82) is 0 Å². The molecular formula is C57H98O6. The van der Waals surface area contributed by atoms with Gasteiger partial charge in [-0.25, -0.2) is 0 Å². The van der Waals surface area contributed by atoms with Crippen LogP contribution in [0.25, 0.3) is 0 Å². The second-order valence-corrected chi connectivity index (χ2v) is 17.4. The number of hydrogen-bond acceptors (Lipinski definition) is 6. The van der Waals surface area contributed by atoms with Gasteiger partial charge in [-0.1, -0.05) is 222 Å². The quantitative estimate of drug-likeness (QED) is 0.0262. The molecule has 0 amide bonds. The molecule has 6 heteroatoms. The smallest absolute Gasteiger partial charge is 0.306 e. The Morgan fingerprint density at radius 3 is 1.00 bits per heavy atom. The van der Waals surface area contributed by atoms with Gasteiger partial charge in [0.2, 0.25) is 0 Å². The molecule has 63 heavy (non-hydrogen) atoms. The summed E-state index contributed by atoms with van der Waals surface area (Å²) in [4.78, 5) is 38.0. The third kappa shape index (κ3) is 49.7. The van der Waals surface area contributed by atoms with Crippen LogP contribution in [-0.4, -0.2) is 37.2 Å². The first-order chi connectivity index (χ1) is 31.0. The van der Waals surface area contributed by atoms with Crippen molar-refractivity contribution in [2.24, 2.45) is 0 Å². The Bertz CT molecular complexity index is 1190. The summed E-state index contributed by atoms with van der Waals surface area (Å²) in [5, 5.41) is 0. The van der Waals surface area contributed by atoms with Crippen LogP contribution in [0.3, 0.4) is 0 Å². The third-order valence-electron chi connectivity index (χ3n) is 11.2. The first-order valence-corrected chi connectivity index (χ1v) is 26.4. The highest BCUT2D eigenvalue weighted by molar-refractivity contribution is 5.71. The maximum Gasteiger partial charge on any atom is 0.306 e. The van der Waals surface area contributed by atoms with Crippen molar-refractivity contribution in [2.45, 2.75) is 258 Å². The van der Waals surface area contributed by atoms with Crippen LogP contribution in [0.4, 0.5) is 0 Å². The number of rotatable bonds is 47. The van der Waals surface area contributed by atoms with E-state index in [0.717, 1.165) is 109 Å². The topological polar surface area (TPSA) is 78.9 Å². The number of ether oxygens (including phenoxy) is 3. The fourth-order valence-corrected chi connectivity index (χ4v) is 7.29. The summed E-state index contributed by atoms with van der Waals surface area (Å²) in [7, 11) is 0. The number of allylic oxidation sites excluding steroid dienone is 12. The molecule has 362 valence electrons. The molecule has 0 aliphatic heterocycles. The van der Waals surface area contributed by atoms with Crippen LogP contribution >= 0.6 is 0 Å². The maximum absolute atomic E-state index is 12.8. The van der Waals surface area contributed by atoms with Crippen molar-refractivity contribution < 1.29 is 28.6 Å². The van der Waals surface area contributed by atoms with E-state index in [1.165, 1.54) is 103 Å². The van der Waals surface area contributed by atoms with Crippen LogP contribution in [0.15, 0.2) is 72.9 Å². The van der Waals surface area contributed by atoms with Crippen LogP contribution in [0, 0.1) is 0 Å². The lowest BCUT2D eigenvalue weighted by Crippen LogP contribution is -2.30. The van der Waals surface area contributed by atoms with E-state index in [9.17, 15) is 14.4 Å². The van der Waals surface area contributed by atoms with Gasteiger partial charge in [0.05, 0.1) is 0 Å². The van der Waals surface area contributed by atoms with Crippen LogP contribution in [0.1, 0.15) is 252 Å². The van der Waals surface area contributed by atoms with E-state index < -0.39 is 6.10 Å². The van der Waals surface area contributed by atoms with Crippen molar-refractivity contribution in [3.8, 4) is 0 Å². The Morgan fingerprint density at radius 1 is 0.333 bits per heavy atom. The van der Waals surface area contributed by atoms with Crippen molar-refractivity contribution in [3.05, 3.63) is 72.9 Å². The van der Waals surface area contributed by atoms with Crippen molar-refractivity contribution in [3.63, 3.8) is 0 Å². The zero-order chi connectivity index (χ0) is 45.8. The van der Waals surface area contributed by atoms with Gasteiger partial charge in [-0.15, -0.1) is 0 Å².